The van der Waals surface area contributed by atoms with E-state index in [1.165, 1.54) is 4.90 Å². The maximum absolute atomic E-state index is 12.3. The number of carbonyl (C=O) groups is 2. The average molecular weight is 278 g/mol. The van der Waals surface area contributed by atoms with Crippen molar-refractivity contribution >= 4 is 11.8 Å². The Morgan fingerprint density at radius 2 is 1.84 bits per heavy atom. The molecule has 19 heavy (non-hydrogen) atoms. The summed E-state index contributed by atoms with van der Waals surface area (Å²) >= 11 is 0. The van der Waals surface area contributed by atoms with Crippen molar-refractivity contribution in [2.24, 2.45) is 0 Å². The van der Waals surface area contributed by atoms with Gasteiger partial charge in [0.1, 0.15) is 5.54 Å². The quantitative estimate of drug-likeness (QED) is 0.852. The molecule has 2 aliphatic rings. The highest BCUT2D eigenvalue weighted by atomic mass is 19.4. The van der Waals surface area contributed by atoms with Crippen LogP contribution in [0.1, 0.15) is 38.5 Å². The zero-order chi connectivity index (χ0) is 14.1. The molecule has 1 aliphatic heterocycles. The highest BCUT2D eigenvalue weighted by Gasteiger charge is 2.48. The summed E-state index contributed by atoms with van der Waals surface area (Å²) in [7, 11) is 0. The van der Waals surface area contributed by atoms with Crippen LogP contribution in [0.2, 0.25) is 0 Å². The molecule has 0 atom stereocenters. The largest absolute Gasteiger partial charge is 0.389 e. The fourth-order valence-corrected chi connectivity index (χ4v) is 2.88. The van der Waals surface area contributed by atoms with Gasteiger partial charge in [-0.05, 0) is 19.3 Å². The van der Waals surface area contributed by atoms with E-state index in [-0.39, 0.29) is 31.3 Å². The highest BCUT2D eigenvalue weighted by Crippen LogP contribution is 2.33. The molecular formula is C12H17F3N2O2. The number of hydrogen-bond donors (Lipinski definition) is 1. The lowest BCUT2D eigenvalue weighted by atomic mass is 9.93. The van der Waals surface area contributed by atoms with Gasteiger partial charge < -0.3 is 10.2 Å². The molecule has 1 aliphatic carbocycles. The molecule has 1 spiro atoms. The number of amides is 2. The van der Waals surface area contributed by atoms with Crippen LogP contribution in [-0.2, 0) is 9.59 Å². The minimum atomic E-state index is -4.22. The fourth-order valence-electron chi connectivity index (χ4n) is 2.88. The summed E-state index contributed by atoms with van der Waals surface area (Å²) in [6.45, 7) is -0.133. The Hall–Kier alpha value is -1.27. The molecule has 0 aromatic carbocycles. The van der Waals surface area contributed by atoms with Crippen molar-refractivity contribution in [2.75, 3.05) is 13.1 Å². The first-order chi connectivity index (χ1) is 8.82. The summed E-state index contributed by atoms with van der Waals surface area (Å²) in [5.41, 5.74) is -0.840. The predicted octanol–water partition coefficient (Wildman–Crippen LogP) is 1.60. The zero-order valence-corrected chi connectivity index (χ0v) is 10.6. The van der Waals surface area contributed by atoms with E-state index in [9.17, 15) is 22.8 Å². The molecule has 0 unspecified atom stereocenters. The van der Waals surface area contributed by atoms with Gasteiger partial charge in [-0.2, -0.15) is 13.2 Å². The predicted molar refractivity (Wildman–Crippen MR) is 61.2 cm³/mol. The van der Waals surface area contributed by atoms with E-state index >= 15 is 0 Å². The Bertz CT molecular complexity index is 376. The van der Waals surface area contributed by atoms with Crippen molar-refractivity contribution in [3.8, 4) is 0 Å². The Balaban J connectivity index is 1.96. The first kappa shape index (κ1) is 14.1. The molecule has 0 aromatic rings. The first-order valence-corrected chi connectivity index (χ1v) is 6.50. The van der Waals surface area contributed by atoms with Crippen LogP contribution in [0.15, 0.2) is 0 Å². The third-order valence-corrected chi connectivity index (χ3v) is 3.76. The summed E-state index contributed by atoms with van der Waals surface area (Å²) in [5.74, 6) is -0.486. The smallest absolute Gasteiger partial charge is 0.340 e. The molecule has 0 aromatic heterocycles. The number of alkyl halides is 3. The molecule has 1 saturated heterocycles. The van der Waals surface area contributed by atoms with Gasteiger partial charge in [-0.1, -0.05) is 12.8 Å². The molecule has 7 heteroatoms. The number of halogens is 3. The van der Waals surface area contributed by atoms with Crippen LogP contribution in [0, 0.1) is 0 Å². The Morgan fingerprint density at radius 1 is 1.21 bits per heavy atom. The van der Waals surface area contributed by atoms with E-state index < -0.39 is 18.1 Å². The second kappa shape index (κ2) is 5.02. The van der Waals surface area contributed by atoms with Crippen LogP contribution in [0.5, 0.6) is 0 Å². The zero-order valence-electron chi connectivity index (χ0n) is 10.6. The number of piperazine rings is 1. The average Bonchev–Trinajstić information content (AvgIpc) is 2.73. The summed E-state index contributed by atoms with van der Waals surface area (Å²) in [5, 5.41) is 2.73. The molecule has 1 saturated carbocycles. The van der Waals surface area contributed by atoms with Crippen molar-refractivity contribution in [1.29, 1.82) is 0 Å². The Labute approximate surface area is 109 Å². The second-order valence-corrected chi connectivity index (χ2v) is 5.28. The Morgan fingerprint density at radius 3 is 2.42 bits per heavy atom. The lowest BCUT2D eigenvalue weighted by Crippen LogP contribution is -2.65. The van der Waals surface area contributed by atoms with Gasteiger partial charge in [0, 0.05) is 13.0 Å². The molecular weight excluding hydrogens is 261 g/mol. The van der Waals surface area contributed by atoms with E-state index in [1.54, 1.807) is 0 Å². The van der Waals surface area contributed by atoms with Gasteiger partial charge in [0.15, 0.2) is 0 Å². The molecule has 0 bridgehead atoms. The van der Waals surface area contributed by atoms with Crippen LogP contribution < -0.4 is 5.32 Å². The minimum Gasteiger partial charge on any atom is -0.340 e. The van der Waals surface area contributed by atoms with E-state index in [1.807, 2.05) is 0 Å². The molecule has 108 valence electrons. The van der Waals surface area contributed by atoms with E-state index in [2.05, 4.69) is 5.32 Å². The lowest BCUT2D eigenvalue weighted by Gasteiger charge is -2.39. The van der Waals surface area contributed by atoms with Crippen LogP contribution in [0.4, 0.5) is 13.2 Å². The van der Waals surface area contributed by atoms with Gasteiger partial charge in [-0.15, -0.1) is 0 Å². The summed E-state index contributed by atoms with van der Waals surface area (Å²) < 4.78 is 36.3. The standard InChI is InChI=1S/C12H17F3N2O2/c13-12(14,15)6-3-7-17-8-9(18)16-11(10(17)19)4-1-2-5-11/h1-8H2,(H,16,18). The minimum absolute atomic E-state index is 0.00644. The number of carbonyl (C=O) groups excluding carboxylic acids is 2. The van der Waals surface area contributed by atoms with Gasteiger partial charge in [0.2, 0.25) is 11.8 Å². The van der Waals surface area contributed by atoms with Crippen molar-refractivity contribution in [3.63, 3.8) is 0 Å². The molecule has 0 radical (unpaired) electrons. The Kier molecular flexibility index (Phi) is 3.73. The van der Waals surface area contributed by atoms with Crippen LogP contribution in [0.3, 0.4) is 0 Å². The monoisotopic (exact) mass is 278 g/mol. The van der Waals surface area contributed by atoms with Crippen molar-refractivity contribution in [2.45, 2.75) is 50.2 Å². The van der Waals surface area contributed by atoms with Gasteiger partial charge in [-0.3, -0.25) is 9.59 Å². The SMILES string of the molecule is O=C1CN(CCCC(F)(F)F)C(=O)C2(CCCC2)N1. The van der Waals surface area contributed by atoms with E-state index in [0.29, 0.717) is 12.8 Å². The van der Waals surface area contributed by atoms with E-state index in [4.69, 9.17) is 0 Å². The van der Waals surface area contributed by atoms with Gasteiger partial charge in [0.25, 0.3) is 0 Å². The highest BCUT2D eigenvalue weighted by molar-refractivity contribution is 5.98. The third-order valence-electron chi connectivity index (χ3n) is 3.76. The molecule has 2 fully saturated rings. The fraction of sp³-hybridized carbons (Fsp3) is 0.833. The molecule has 2 rings (SSSR count). The normalized spacial score (nSPS) is 23.0. The third kappa shape index (κ3) is 3.19. The lowest BCUT2D eigenvalue weighted by molar-refractivity contribution is -0.152. The van der Waals surface area contributed by atoms with Crippen LogP contribution in [-0.4, -0.2) is 41.5 Å². The molecule has 1 heterocycles. The first-order valence-electron chi connectivity index (χ1n) is 6.50. The number of hydrogen-bond acceptors (Lipinski definition) is 2. The maximum atomic E-state index is 12.3. The van der Waals surface area contributed by atoms with Crippen molar-refractivity contribution in [3.05, 3.63) is 0 Å². The topological polar surface area (TPSA) is 49.4 Å². The summed E-state index contributed by atoms with van der Waals surface area (Å²) in [4.78, 5) is 25.2. The summed E-state index contributed by atoms with van der Waals surface area (Å²) in [6.07, 6.45) is -2.39. The van der Waals surface area contributed by atoms with Crippen LogP contribution in [0.25, 0.3) is 0 Å². The second-order valence-electron chi connectivity index (χ2n) is 5.28. The van der Waals surface area contributed by atoms with E-state index in [0.717, 1.165) is 12.8 Å². The molecule has 1 N–H and O–H groups in total. The summed E-state index contributed by atoms with van der Waals surface area (Å²) in [6, 6.07) is 0. The molecule has 4 nitrogen and oxygen atoms in total. The number of rotatable bonds is 3. The van der Waals surface area contributed by atoms with Crippen LogP contribution >= 0.6 is 0 Å². The van der Waals surface area contributed by atoms with Crippen molar-refractivity contribution < 1.29 is 22.8 Å². The van der Waals surface area contributed by atoms with Gasteiger partial charge in [0.05, 0.1) is 6.54 Å². The van der Waals surface area contributed by atoms with Gasteiger partial charge in [-0.25, -0.2) is 0 Å². The number of nitrogens with zero attached hydrogens (tertiary/aromatic N) is 1. The maximum Gasteiger partial charge on any atom is 0.389 e. The van der Waals surface area contributed by atoms with Gasteiger partial charge >= 0.3 is 6.18 Å². The van der Waals surface area contributed by atoms with Crippen molar-refractivity contribution in [1.82, 2.24) is 10.2 Å². The molecule has 2 amide bonds. The number of nitrogens with one attached hydrogen (secondary N) is 1.